The molecule has 4 aromatic carbocycles. The summed E-state index contributed by atoms with van der Waals surface area (Å²) in [7, 11) is 0. The molecule has 0 saturated carbocycles. The van der Waals surface area contributed by atoms with Crippen LogP contribution >= 0.6 is 0 Å². The Hall–Kier alpha value is -4.04. The van der Waals surface area contributed by atoms with Gasteiger partial charge < -0.3 is 4.90 Å². The molecular weight excluding hydrogens is 409 g/mol. The number of nitrogens with zero attached hydrogens (tertiary/aromatic N) is 1. The van der Waals surface area contributed by atoms with Gasteiger partial charge in [0.1, 0.15) is 0 Å². The lowest BCUT2D eigenvalue weighted by Gasteiger charge is -2.41. The van der Waals surface area contributed by atoms with Crippen LogP contribution in [0.25, 0.3) is 22.9 Å². The second-order valence-corrected chi connectivity index (χ2v) is 8.95. The van der Waals surface area contributed by atoms with Gasteiger partial charge in [-0.15, -0.1) is 0 Å². The Kier molecular flexibility index (Phi) is 5.07. The van der Waals surface area contributed by atoms with Gasteiger partial charge in [0.05, 0.1) is 5.69 Å². The van der Waals surface area contributed by atoms with Gasteiger partial charge in [0.2, 0.25) is 6.71 Å². The quantitative estimate of drug-likeness (QED) is 0.311. The molecule has 34 heavy (non-hydrogen) atoms. The molecule has 0 unspecified atom stereocenters. The molecule has 4 aromatic rings. The van der Waals surface area contributed by atoms with E-state index in [1.165, 1.54) is 38.6 Å². The molecule has 0 bridgehead atoms. The van der Waals surface area contributed by atoms with Gasteiger partial charge in [0, 0.05) is 16.9 Å². The first kappa shape index (κ1) is 20.6. The SMILES string of the molecule is C=Cc1cccc(N2C3=CCCC=C3B(c3ccc4ccccc4c3)c3ccccc32)c1C=C. The fraction of sp³-hybridized carbons (Fsp3) is 0.0625. The zero-order chi connectivity index (χ0) is 23.1. The summed E-state index contributed by atoms with van der Waals surface area (Å²) >= 11 is 0. The maximum absolute atomic E-state index is 4.14. The molecule has 0 saturated heterocycles. The van der Waals surface area contributed by atoms with E-state index in [0.29, 0.717) is 0 Å². The lowest BCUT2D eigenvalue weighted by Crippen LogP contribution is -2.52. The fourth-order valence-corrected chi connectivity index (χ4v) is 5.57. The highest BCUT2D eigenvalue weighted by Gasteiger charge is 2.38. The van der Waals surface area contributed by atoms with Crippen molar-refractivity contribution in [2.45, 2.75) is 12.8 Å². The van der Waals surface area contributed by atoms with E-state index >= 15 is 0 Å². The highest BCUT2D eigenvalue weighted by atomic mass is 15.2. The third kappa shape index (κ3) is 3.18. The Balaban J connectivity index is 1.61. The predicted molar refractivity (Wildman–Crippen MR) is 150 cm³/mol. The van der Waals surface area contributed by atoms with Crippen molar-refractivity contribution in [2.75, 3.05) is 4.90 Å². The van der Waals surface area contributed by atoms with Crippen LogP contribution in [0.1, 0.15) is 24.0 Å². The van der Waals surface area contributed by atoms with Gasteiger partial charge in [-0.3, -0.25) is 0 Å². The summed E-state index contributed by atoms with van der Waals surface area (Å²) < 4.78 is 0. The first-order valence-corrected chi connectivity index (χ1v) is 12.0. The summed E-state index contributed by atoms with van der Waals surface area (Å²) in [5.41, 5.74) is 9.94. The molecule has 0 aromatic heterocycles. The second-order valence-electron chi connectivity index (χ2n) is 8.95. The number of hydrogen-bond donors (Lipinski definition) is 0. The zero-order valence-corrected chi connectivity index (χ0v) is 19.2. The molecule has 162 valence electrons. The van der Waals surface area contributed by atoms with Gasteiger partial charge >= 0.3 is 0 Å². The first-order chi connectivity index (χ1) is 16.8. The van der Waals surface area contributed by atoms with Crippen LogP contribution in [-0.4, -0.2) is 6.71 Å². The van der Waals surface area contributed by atoms with Crippen molar-refractivity contribution in [3.05, 3.63) is 133 Å². The summed E-state index contributed by atoms with van der Waals surface area (Å²) in [4.78, 5) is 2.43. The minimum absolute atomic E-state index is 0.207. The van der Waals surface area contributed by atoms with Crippen LogP contribution in [0.4, 0.5) is 11.4 Å². The van der Waals surface area contributed by atoms with Gasteiger partial charge in [0.15, 0.2) is 0 Å². The average molecular weight is 435 g/mol. The molecule has 0 spiro atoms. The summed E-state index contributed by atoms with van der Waals surface area (Å²) in [6, 6.07) is 30.8. The monoisotopic (exact) mass is 435 g/mol. The third-order valence-corrected chi connectivity index (χ3v) is 7.09. The molecule has 0 radical (unpaired) electrons. The van der Waals surface area contributed by atoms with Crippen LogP contribution in [0.2, 0.25) is 0 Å². The number of rotatable bonds is 4. The summed E-state index contributed by atoms with van der Waals surface area (Å²) in [5, 5.41) is 2.57. The highest BCUT2D eigenvalue weighted by molar-refractivity contribution is 6.93. The minimum Gasteiger partial charge on any atom is -0.311 e. The number of hydrogen-bond acceptors (Lipinski definition) is 1. The van der Waals surface area contributed by atoms with Crippen molar-refractivity contribution < 1.29 is 0 Å². The molecule has 1 nitrogen and oxygen atoms in total. The standard InChI is InChI=1S/C32H26BN/c1-3-23-14-11-19-30(27(23)4-2)34-31-17-9-7-15-28(31)33(29-16-8-10-18-32(29)34)26-21-20-24-12-5-6-13-25(24)22-26/h3-7,9,11-22H,1-2,8,10H2. The van der Waals surface area contributed by atoms with Crippen LogP contribution in [-0.2, 0) is 0 Å². The number of allylic oxidation sites excluding steroid dienone is 3. The number of para-hydroxylation sites is 1. The predicted octanol–water partition coefficient (Wildman–Crippen LogP) is 7.03. The molecule has 0 N–H and O–H groups in total. The van der Waals surface area contributed by atoms with E-state index in [2.05, 4.69) is 115 Å². The molecule has 2 heteroatoms. The number of anilines is 2. The molecular formula is C32H26BN. The van der Waals surface area contributed by atoms with Crippen molar-refractivity contribution >= 4 is 51.9 Å². The van der Waals surface area contributed by atoms with Crippen LogP contribution in [0.3, 0.4) is 0 Å². The lowest BCUT2D eigenvalue weighted by atomic mass is 9.33. The molecule has 0 fully saturated rings. The Morgan fingerprint density at radius 2 is 1.47 bits per heavy atom. The molecule has 0 atom stereocenters. The summed E-state index contributed by atoms with van der Waals surface area (Å²) in [6.07, 6.45) is 10.8. The third-order valence-electron chi connectivity index (χ3n) is 7.09. The van der Waals surface area contributed by atoms with Crippen LogP contribution in [0.15, 0.2) is 121 Å². The van der Waals surface area contributed by atoms with Crippen molar-refractivity contribution in [3.8, 4) is 0 Å². The summed E-state index contributed by atoms with van der Waals surface area (Å²) in [6.45, 7) is 8.38. The van der Waals surface area contributed by atoms with Crippen LogP contribution < -0.4 is 15.8 Å². The van der Waals surface area contributed by atoms with Crippen LogP contribution in [0.5, 0.6) is 0 Å². The van der Waals surface area contributed by atoms with E-state index in [1.54, 1.807) is 0 Å². The Morgan fingerprint density at radius 1 is 0.706 bits per heavy atom. The smallest absolute Gasteiger partial charge is 0.246 e. The Labute approximate surface area is 202 Å². The molecule has 1 aliphatic heterocycles. The maximum atomic E-state index is 4.14. The van der Waals surface area contributed by atoms with E-state index in [9.17, 15) is 0 Å². The maximum Gasteiger partial charge on any atom is 0.246 e. The minimum atomic E-state index is 0.207. The van der Waals surface area contributed by atoms with Crippen molar-refractivity contribution in [1.29, 1.82) is 0 Å². The lowest BCUT2D eigenvalue weighted by molar-refractivity contribution is 0.985. The van der Waals surface area contributed by atoms with Crippen molar-refractivity contribution in [1.82, 2.24) is 0 Å². The molecule has 6 rings (SSSR count). The zero-order valence-electron chi connectivity index (χ0n) is 19.2. The van der Waals surface area contributed by atoms with E-state index in [0.717, 1.165) is 29.7 Å². The number of fused-ring (bicyclic) bond motifs is 3. The fourth-order valence-electron chi connectivity index (χ4n) is 5.57. The summed E-state index contributed by atoms with van der Waals surface area (Å²) in [5.74, 6) is 0. The Bertz CT molecular complexity index is 1510. The van der Waals surface area contributed by atoms with E-state index in [4.69, 9.17) is 0 Å². The van der Waals surface area contributed by atoms with E-state index < -0.39 is 0 Å². The van der Waals surface area contributed by atoms with Gasteiger partial charge in [-0.1, -0.05) is 116 Å². The van der Waals surface area contributed by atoms with Gasteiger partial charge in [-0.25, -0.2) is 0 Å². The molecule has 1 heterocycles. The van der Waals surface area contributed by atoms with Crippen molar-refractivity contribution in [3.63, 3.8) is 0 Å². The Morgan fingerprint density at radius 3 is 2.32 bits per heavy atom. The normalized spacial score (nSPS) is 14.7. The average Bonchev–Trinajstić information content (AvgIpc) is 2.90. The highest BCUT2D eigenvalue weighted by Crippen LogP contribution is 2.41. The van der Waals surface area contributed by atoms with Gasteiger partial charge in [-0.2, -0.15) is 0 Å². The van der Waals surface area contributed by atoms with Gasteiger partial charge in [0.25, 0.3) is 0 Å². The molecule has 0 amide bonds. The largest absolute Gasteiger partial charge is 0.311 e. The van der Waals surface area contributed by atoms with E-state index in [-0.39, 0.29) is 6.71 Å². The number of benzene rings is 4. The second kappa shape index (κ2) is 8.39. The van der Waals surface area contributed by atoms with Crippen molar-refractivity contribution in [2.24, 2.45) is 0 Å². The van der Waals surface area contributed by atoms with Gasteiger partial charge in [-0.05, 0) is 52.2 Å². The first-order valence-electron chi connectivity index (χ1n) is 12.0. The molecule has 1 aliphatic carbocycles. The van der Waals surface area contributed by atoms with Crippen LogP contribution in [0, 0.1) is 0 Å². The molecule has 2 aliphatic rings. The topological polar surface area (TPSA) is 3.24 Å². The van der Waals surface area contributed by atoms with E-state index in [1.807, 2.05) is 12.2 Å².